The Morgan fingerprint density at radius 3 is 2.41 bits per heavy atom. The molecule has 2 amide bonds. The van der Waals surface area contributed by atoms with Crippen LogP contribution in [0, 0.1) is 6.92 Å². The van der Waals surface area contributed by atoms with Crippen LogP contribution in [0.5, 0.6) is 0 Å². The molecule has 5 nitrogen and oxygen atoms in total. The maximum absolute atomic E-state index is 12.7. The maximum atomic E-state index is 12.7. The third-order valence-electron chi connectivity index (χ3n) is 6.15. The molecule has 0 radical (unpaired) electrons. The second-order valence-corrected chi connectivity index (χ2v) is 9.29. The SMILES string of the molecule is Cc1ccc(N2C(=O)CSC2c2ccc3c(c2)N(C2CC2)C(C)C(=O)N3C)cc1. The fourth-order valence-electron chi connectivity index (χ4n) is 4.43. The van der Waals surface area contributed by atoms with E-state index in [4.69, 9.17) is 0 Å². The molecule has 0 aromatic heterocycles. The molecule has 0 bridgehead atoms. The Balaban J connectivity index is 1.56. The summed E-state index contributed by atoms with van der Waals surface area (Å²) < 4.78 is 0. The predicted molar refractivity (Wildman–Crippen MR) is 119 cm³/mol. The van der Waals surface area contributed by atoms with Crippen LogP contribution in [0.4, 0.5) is 17.1 Å². The van der Waals surface area contributed by atoms with E-state index >= 15 is 0 Å². The lowest BCUT2D eigenvalue weighted by Gasteiger charge is -2.41. The van der Waals surface area contributed by atoms with Gasteiger partial charge in [0, 0.05) is 18.8 Å². The van der Waals surface area contributed by atoms with Gasteiger partial charge in [0.25, 0.3) is 0 Å². The van der Waals surface area contributed by atoms with E-state index in [-0.39, 0.29) is 23.2 Å². The van der Waals surface area contributed by atoms with E-state index in [2.05, 4.69) is 24.0 Å². The number of hydrogen-bond donors (Lipinski definition) is 0. The quantitative estimate of drug-likeness (QED) is 0.768. The molecular weight excluding hydrogens is 382 g/mol. The van der Waals surface area contributed by atoms with Crippen molar-refractivity contribution in [3.8, 4) is 0 Å². The molecule has 0 N–H and O–H groups in total. The van der Waals surface area contributed by atoms with Crippen LogP contribution >= 0.6 is 11.8 Å². The summed E-state index contributed by atoms with van der Waals surface area (Å²) >= 11 is 1.67. The molecule has 1 saturated carbocycles. The van der Waals surface area contributed by atoms with Crippen molar-refractivity contribution in [1.82, 2.24) is 0 Å². The first-order valence-electron chi connectivity index (χ1n) is 10.2. The van der Waals surface area contributed by atoms with Gasteiger partial charge in [-0.3, -0.25) is 14.5 Å². The Hall–Kier alpha value is -2.47. The number of carbonyl (C=O) groups is 2. The van der Waals surface area contributed by atoms with Gasteiger partial charge in [0.1, 0.15) is 11.4 Å². The summed E-state index contributed by atoms with van der Waals surface area (Å²) in [6.07, 6.45) is 2.27. The van der Waals surface area contributed by atoms with Crippen molar-refractivity contribution < 1.29 is 9.59 Å². The summed E-state index contributed by atoms with van der Waals surface area (Å²) in [7, 11) is 1.86. The normalized spacial score (nSPS) is 24.3. The average Bonchev–Trinajstić information content (AvgIpc) is 3.48. The maximum Gasteiger partial charge on any atom is 0.249 e. The van der Waals surface area contributed by atoms with E-state index in [1.807, 2.05) is 49.2 Å². The van der Waals surface area contributed by atoms with Gasteiger partial charge in [-0.2, -0.15) is 0 Å². The van der Waals surface area contributed by atoms with Crippen molar-refractivity contribution in [3.05, 3.63) is 53.6 Å². The lowest BCUT2D eigenvalue weighted by atomic mass is 10.0. The zero-order valence-electron chi connectivity index (χ0n) is 17.0. The number of hydrogen-bond acceptors (Lipinski definition) is 4. The minimum atomic E-state index is -0.152. The van der Waals surface area contributed by atoms with Gasteiger partial charge in [0.2, 0.25) is 11.8 Å². The second kappa shape index (κ2) is 6.80. The largest absolute Gasteiger partial charge is 0.355 e. The van der Waals surface area contributed by atoms with Crippen LogP contribution in [-0.4, -0.2) is 36.7 Å². The zero-order chi connectivity index (χ0) is 20.3. The monoisotopic (exact) mass is 407 g/mol. The molecule has 6 heteroatoms. The summed E-state index contributed by atoms with van der Waals surface area (Å²) in [5, 5.41) is -0.0465. The first-order chi connectivity index (χ1) is 14.0. The van der Waals surface area contributed by atoms with Gasteiger partial charge in [0.15, 0.2) is 0 Å². The molecule has 2 aromatic rings. The van der Waals surface area contributed by atoms with E-state index < -0.39 is 0 Å². The molecule has 2 heterocycles. The molecule has 2 aliphatic heterocycles. The molecule has 2 unspecified atom stereocenters. The summed E-state index contributed by atoms with van der Waals surface area (Å²) in [4.78, 5) is 31.4. The lowest BCUT2D eigenvalue weighted by Crippen LogP contribution is -2.51. The van der Waals surface area contributed by atoms with Gasteiger partial charge in [-0.05, 0) is 56.5 Å². The lowest BCUT2D eigenvalue weighted by molar-refractivity contribution is -0.119. The van der Waals surface area contributed by atoms with Crippen molar-refractivity contribution in [3.63, 3.8) is 0 Å². The molecule has 1 saturated heterocycles. The minimum Gasteiger partial charge on any atom is -0.355 e. The number of benzene rings is 2. The number of rotatable bonds is 3. The standard InChI is InChI=1S/C23H25N3O2S/c1-14-4-7-18(8-5-14)26-21(27)13-29-23(26)16-6-11-19-20(12-16)25(17-9-10-17)15(2)22(28)24(19)3/h4-8,11-12,15,17,23H,9-10,13H2,1-3H3. The second-order valence-electron chi connectivity index (χ2n) is 8.22. The van der Waals surface area contributed by atoms with E-state index in [1.165, 1.54) is 5.56 Å². The van der Waals surface area contributed by atoms with Crippen molar-refractivity contribution in [2.75, 3.05) is 27.5 Å². The highest BCUT2D eigenvalue weighted by molar-refractivity contribution is 8.00. The molecule has 2 fully saturated rings. The number of carbonyl (C=O) groups excluding carboxylic acids is 2. The molecule has 2 aromatic carbocycles. The van der Waals surface area contributed by atoms with Crippen LogP contribution < -0.4 is 14.7 Å². The fraction of sp³-hybridized carbons (Fsp3) is 0.391. The van der Waals surface area contributed by atoms with Crippen LogP contribution in [0.3, 0.4) is 0 Å². The van der Waals surface area contributed by atoms with Gasteiger partial charge in [-0.15, -0.1) is 11.8 Å². The predicted octanol–water partition coefficient (Wildman–Crippen LogP) is 4.11. The van der Waals surface area contributed by atoms with E-state index in [0.717, 1.165) is 35.5 Å². The highest BCUT2D eigenvalue weighted by atomic mass is 32.2. The van der Waals surface area contributed by atoms with Crippen LogP contribution in [-0.2, 0) is 9.59 Å². The van der Waals surface area contributed by atoms with Crippen LogP contribution in [0.1, 0.15) is 36.3 Å². The Kier molecular flexibility index (Phi) is 4.35. The number of anilines is 3. The van der Waals surface area contributed by atoms with E-state index in [1.54, 1.807) is 16.7 Å². The topological polar surface area (TPSA) is 43.9 Å². The first-order valence-corrected chi connectivity index (χ1v) is 11.2. The molecular formula is C23H25N3O2S. The van der Waals surface area contributed by atoms with E-state index in [0.29, 0.717) is 11.8 Å². The van der Waals surface area contributed by atoms with Gasteiger partial charge < -0.3 is 9.80 Å². The smallest absolute Gasteiger partial charge is 0.249 e. The van der Waals surface area contributed by atoms with Crippen molar-refractivity contribution in [2.24, 2.45) is 0 Å². The van der Waals surface area contributed by atoms with Gasteiger partial charge in [-0.1, -0.05) is 23.8 Å². The third kappa shape index (κ3) is 3.01. The van der Waals surface area contributed by atoms with Crippen LogP contribution in [0.2, 0.25) is 0 Å². The number of likely N-dealkylation sites (N-methyl/N-ethyl adjacent to an activating group) is 1. The fourth-order valence-corrected chi connectivity index (χ4v) is 5.60. The third-order valence-corrected chi connectivity index (χ3v) is 7.36. The number of amides is 2. The van der Waals surface area contributed by atoms with E-state index in [9.17, 15) is 9.59 Å². The zero-order valence-corrected chi connectivity index (χ0v) is 17.8. The number of fused-ring (bicyclic) bond motifs is 1. The highest BCUT2D eigenvalue weighted by Gasteiger charge is 2.42. The molecule has 29 heavy (non-hydrogen) atoms. The van der Waals surface area contributed by atoms with Crippen molar-refractivity contribution in [1.29, 1.82) is 0 Å². The molecule has 3 aliphatic rings. The molecule has 5 rings (SSSR count). The number of nitrogens with zero attached hydrogens (tertiary/aromatic N) is 3. The molecule has 0 spiro atoms. The summed E-state index contributed by atoms with van der Waals surface area (Å²) in [5.74, 6) is 0.765. The van der Waals surface area contributed by atoms with Crippen LogP contribution in [0.25, 0.3) is 0 Å². The summed E-state index contributed by atoms with van der Waals surface area (Å²) in [6.45, 7) is 4.05. The van der Waals surface area contributed by atoms with Gasteiger partial charge in [-0.25, -0.2) is 0 Å². The Morgan fingerprint density at radius 2 is 1.72 bits per heavy atom. The number of thioether (sulfide) groups is 1. The molecule has 2 atom stereocenters. The summed E-state index contributed by atoms with van der Waals surface area (Å²) in [5.41, 5.74) is 5.30. The Bertz CT molecular complexity index is 986. The minimum absolute atomic E-state index is 0.0465. The van der Waals surface area contributed by atoms with Gasteiger partial charge >= 0.3 is 0 Å². The number of aryl methyl sites for hydroxylation is 1. The average molecular weight is 408 g/mol. The van der Waals surface area contributed by atoms with Gasteiger partial charge in [0.05, 0.1) is 17.1 Å². The molecule has 150 valence electrons. The Morgan fingerprint density at radius 1 is 1.00 bits per heavy atom. The summed E-state index contributed by atoms with van der Waals surface area (Å²) in [6, 6.07) is 14.8. The first kappa shape index (κ1) is 18.6. The van der Waals surface area contributed by atoms with Crippen molar-refractivity contribution in [2.45, 2.75) is 44.1 Å². The van der Waals surface area contributed by atoms with Crippen LogP contribution in [0.15, 0.2) is 42.5 Å². The molecule has 1 aliphatic carbocycles. The highest BCUT2D eigenvalue weighted by Crippen LogP contribution is 2.47. The van der Waals surface area contributed by atoms with Crippen molar-refractivity contribution >= 4 is 40.6 Å². The Labute approximate surface area is 175 Å².